The molecule has 0 saturated heterocycles. The van der Waals surface area contributed by atoms with Crippen LogP contribution in [0.15, 0.2) is 24.5 Å². The molecule has 0 fully saturated rings. The first-order valence-corrected chi connectivity index (χ1v) is 4.55. The van der Waals surface area contributed by atoms with Crippen molar-refractivity contribution in [3.05, 3.63) is 30.1 Å². The van der Waals surface area contributed by atoms with Crippen molar-refractivity contribution in [3.63, 3.8) is 0 Å². The lowest BCUT2D eigenvalue weighted by atomic mass is 10.2. The third-order valence-corrected chi connectivity index (χ3v) is 1.73. The minimum atomic E-state index is -2.71. The predicted molar refractivity (Wildman–Crippen MR) is 44.2 cm³/mol. The van der Waals surface area contributed by atoms with E-state index in [9.17, 15) is 8.42 Å². The maximum Gasteiger partial charge on any atom is 0.257 e. The molecule has 0 amide bonds. The van der Waals surface area contributed by atoms with Gasteiger partial charge < -0.3 is 0 Å². The molecule has 1 rings (SSSR count). The SMILES string of the molecule is O=[SH](=O)OCCc1ccncc1. The molecule has 0 aliphatic rings. The zero-order chi connectivity index (χ0) is 8.81. The maximum absolute atomic E-state index is 9.99. The smallest absolute Gasteiger partial charge is 0.257 e. The molecule has 0 aliphatic heterocycles. The molecule has 0 aromatic carbocycles. The average molecular weight is 187 g/mol. The van der Waals surface area contributed by atoms with Crippen molar-refractivity contribution in [3.8, 4) is 0 Å². The largest absolute Gasteiger partial charge is 0.272 e. The molecule has 0 radical (unpaired) electrons. The van der Waals surface area contributed by atoms with Crippen LogP contribution in [0.3, 0.4) is 0 Å². The highest BCUT2D eigenvalue weighted by molar-refractivity contribution is 7.67. The average Bonchev–Trinajstić information content (AvgIpc) is 2.05. The summed E-state index contributed by atoms with van der Waals surface area (Å²) in [5, 5.41) is 0. The number of hydrogen-bond donors (Lipinski definition) is 1. The van der Waals surface area contributed by atoms with Crippen molar-refractivity contribution in [1.82, 2.24) is 4.98 Å². The third kappa shape index (κ3) is 3.45. The monoisotopic (exact) mass is 187 g/mol. The van der Waals surface area contributed by atoms with E-state index in [-0.39, 0.29) is 6.61 Å². The van der Waals surface area contributed by atoms with E-state index in [0.717, 1.165) is 5.56 Å². The van der Waals surface area contributed by atoms with Gasteiger partial charge in [-0.2, -0.15) is 0 Å². The van der Waals surface area contributed by atoms with Gasteiger partial charge in [-0.05, 0) is 24.1 Å². The van der Waals surface area contributed by atoms with Crippen molar-refractivity contribution in [2.24, 2.45) is 0 Å². The van der Waals surface area contributed by atoms with E-state index < -0.39 is 11.0 Å². The molecule has 0 atom stereocenters. The quantitative estimate of drug-likeness (QED) is 0.682. The Kier molecular flexibility index (Phi) is 3.69. The van der Waals surface area contributed by atoms with Crippen molar-refractivity contribution < 1.29 is 12.6 Å². The Bertz CT molecular complexity index is 289. The Morgan fingerprint density at radius 3 is 2.58 bits per heavy atom. The fourth-order valence-electron chi connectivity index (χ4n) is 0.787. The number of thiol groups is 1. The fraction of sp³-hybridized carbons (Fsp3) is 0.286. The minimum Gasteiger partial charge on any atom is -0.272 e. The van der Waals surface area contributed by atoms with Crippen LogP contribution in [-0.4, -0.2) is 20.0 Å². The number of aromatic nitrogens is 1. The van der Waals surface area contributed by atoms with Crippen LogP contribution in [0, 0.1) is 0 Å². The highest BCUT2D eigenvalue weighted by Gasteiger charge is 1.91. The van der Waals surface area contributed by atoms with E-state index in [1.807, 2.05) is 12.1 Å². The normalized spacial score (nSPS) is 10.4. The van der Waals surface area contributed by atoms with Gasteiger partial charge in [-0.3, -0.25) is 9.17 Å². The zero-order valence-corrected chi connectivity index (χ0v) is 7.24. The zero-order valence-electron chi connectivity index (χ0n) is 6.34. The second-order valence-corrected chi connectivity index (χ2v) is 2.87. The molecule has 12 heavy (non-hydrogen) atoms. The van der Waals surface area contributed by atoms with E-state index >= 15 is 0 Å². The molecule has 1 heterocycles. The summed E-state index contributed by atoms with van der Waals surface area (Å²) in [6.45, 7) is 0.197. The summed E-state index contributed by atoms with van der Waals surface area (Å²) in [5.74, 6) is 0. The lowest BCUT2D eigenvalue weighted by Crippen LogP contribution is -1.96. The highest BCUT2D eigenvalue weighted by atomic mass is 32.2. The van der Waals surface area contributed by atoms with Gasteiger partial charge in [0.05, 0.1) is 6.61 Å². The number of pyridine rings is 1. The summed E-state index contributed by atoms with van der Waals surface area (Å²) in [4.78, 5) is 3.83. The summed E-state index contributed by atoms with van der Waals surface area (Å²) in [7, 11) is -2.71. The number of nitrogens with zero attached hydrogens (tertiary/aromatic N) is 1. The maximum atomic E-state index is 9.99. The molecule has 0 saturated carbocycles. The van der Waals surface area contributed by atoms with Gasteiger partial charge >= 0.3 is 0 Å². The molecule has 4 nitrogen and oxygen atoms in total. The summed E-state index contributed by atoms with van der Waals surface area (Å²) < 4.78 is 24.4. The van der Waals surface area contributed by atoms with Gasteiger partial charge in [0.2, 0.25) is 0 Å². The summed E-state index contributed by atoms with van der Waals surface area (Å²) in [5.41, 5.74) is 1.02. The summed E-state index contributed by atoms with van der Waals surface area (Å²) >= 11 is 0. The Morgan fingerprint density at radius 1 is 1.33 bits per heavy atom. The van der Waals surface area contributed by atoms with Gasteiger partial charge in [-0.1, -0.05) is 0 Å². The van der Waals surface area contributed by atoms with Crippen molar-refractivity contribution in [2.45, 2.75) is 6.42 Å². The molecule has 5 heteroatoms. The third-order valence-electron chi connectivity index (χ3n) is 1.34. The predicted octanol–water partition coefficient (Wildman–Crippen LogP) is 0.167. The van der Waals surface area contributed by atoms with Gasteiger partial charge in [0.15, 0.2) is 0 Å². The Hall–Kier alpha value is -0.940. The molecule has 0 bridgehead atoms. The Labute approximate surface area is 72.4 Å². The fourth-order valence-corrected chi connectivity index (χ4v) is 1.03. The van der Waals surface area contributed by atoms with Gasteiger partial charge in [0.1, 0.15) is 0 Å². The first-order valence-electron chi connectivity index (χ1n) is 3.45. The molecule has 0 aliphatic carbocycles. The van der Waals surface area contributed by atoms with Gasteiger partial charge in [0.25, 0.3) is 11.0 Å². The van der Waals surface area contributed by atoms with E-state index in [1.165, 1.54) is 0 Å². The Morgan fingerprint density at radius 2 is 2.00 bits per heavy atom. The van der Waals surface area contributed by atoms with Crippen LogP contribution in [0.1, 0.15) is 5.56 Å². The van der Waals surface area contributed by atoms with Crippen LogP contribution in [0.5, 0.6) is 0 Å². The minimum absolute atomic E-state index is 0.197. The molecular weight excluding hydrogens is 178 g/mol. The second-order valence-electron chi connectivity index (χ2n) is 2.16. The topological polar surface area (TPSA) is 56.3 Å². The van der Waals surface area contributed by atoms with Crippen LogP contribution in [0.2, 0.25) is 0 Å². The van der Waals surface area contributed by atoms with Crippen LogP contribution < -0.4 is 0 Å². The lowest BCUT2D eigenvalue weighted by molar-refractivity contribution is 0.337. The van der Waals surface area contributed by atoms with Crippen molar-refractivity contribution >= 4 is 11.0 Å². The second kappa shape index (κ2) is 4.84. The molecule has 0 unspecified atom stereocenters. The van der Waals surface area contributed by atoms with Crippen LogP contribution >= 0.6 is 0 Å². The Balaban J connectivity index is 2.34. The van der Waals surface area contributed by atoms with Gasteiger partial charge in [-0.25, -0.2) is 8.42 Å². The van der Waals surface area contributed by atoms with Crippen molar-refractivity contribution in [2.75, 3.05) is 6.61 Å². The van der Waals surface area contributed by atoms with Crippen LogP contribution in [0.25, 0.3) is 0 Å². The first kappa shape index (κ1) is 9.15. The van der Waals surface area contributed by atoms with E-state index in [2.05, 4.69) is 9.17 Å². The van der Waals surface area contributed by atoms with Crippen LogP contribution in [-0.2, 0) is 21.6 Å². The van der Waals surface area contributed by atoms with E-state index in [1.54, 1.807) is 12.4 Å². The summed E-state index contributed by atoms with van der Waals surface area (Å²) in [6, 6.07) is 3.64. The van der Waals surface area contributed by atoms with Crippen LogP contribution in [0.4, 0.5) is 0 Å². The lowest BCUT2D eigenvalue weighted by Gasteiger charge is -1.96. The molecular formula is C7H9NO3S. The molecule has 1 aromatic rings. The van der Waals surface area contributed by atoms with Gasteiger partial charge in [0, 0.05) is 12.4 Å². The van der Waals surface area contributed by atoms with Crippen molar-refractivity contribution in [1.29, 1.82) is 0 Å². The van der Waals surface area contributed by atoms with E-state index in [0.29, 0.717) is 6.42 Å². The molecule has 1 aromatic heterocycles. The van der Waals surface area contributed by atoms with Gasteiger partial charge in [-0.15, -0.1) is 0 Å². The standard InChI is InChI=1S/C7H9NO3S/c9-12(10)11-6-3-7-1-4-8-5-2-7/h1-2,4-5,12H,3,6H2. The molecule has 66 valence electrons. The number of rotatable bonds is 4. The molecule has 0 N–H and O–H groups in total. The summed E-state index contributed by atoms with van der Waals surface area (Å²) in [6.07, 6.45) is 3.91. The number of hydrogen-bond acceptors (Lipinski definition) is 4. The highest BCUT2D eigenvalue weighted by Crippen LogP contribution is 1.97. The first-order chi connectivity index (χ1) is 5.79. The molecule has 0 spiro atoms. The van der Waals surface area contributed by atoms with E-state index in [4.69, 9.17) is 0 Å².